The first-order chi connectivity index (χ1) is 10.1. The Morgan fingerprint density at radius 3 is 2.24 bits per heavy atom. The number of hydrogen-bond donors (Lipinski definition) is 3. The number of phenols is 2. The lowest BCUT2D eigenvalue weighted by molar-refractivity contribution is 0.213. The van der Waals surface area contributed by atoms with Gasteiger partial charge in [-0.25, -0.2) is 0 Å². The highest BCUT2D eigenvalue weighted by molar-refractivity contribution is 5.56. The van der Waals surface area contributed by atoms with E-state index in [1.165, 1.54) is 19.2 Å². The van der Waals surface area contributed by atoms with Gasteiger partial charge in [-0.15, -0.1) is 0 Å². The molecule has 1 unspecified atom stereocenters. The van der Waals surface area contributed by atoms with Crippen LogP contribution in [0.3, 0.4) is 0 Å². The van der Waals surface area contributed by atoms with Crippen LogP contribution in [0.1, 0.15) is 24.2 Å². The van der Waals surface area contributed by atoms with E-state index in [4.69, 9.17) is 9.47 Å². The van der Waals surface area contributed by atoms with Crippen LogP contribution in [0.2, 0.25) is 0 Å². The number of aliphatic hydroxyl groups excluding tert-OH is 1. The van der Waals surface area contributed by atoms with Crippen molar-refractivity contribution in [1.82, 2.24) is 0 Å². The van der Waals surface area contributed by atoms with Crippen LogP contribution in [0, 0.1) is 0 Å². The fourth-order valence-corrected chi connectivity index (χ4v) is 2.05. The third-order valence-electron chi connectivity index (χ3n) is 3.17. The van der Waals surface area contributed by atoms with Gasteiger partial charge in [0.05, 0.1) is 13.7 Å². The van der Waals surface area contributed by atoms with Gasteiger partial charge < -0.3 is 24.8 Å². The fraction of sp³-hybridized carbons (Fsp3) is 0.250. The van der Waals surface area contributed by atoms with Gasteiger partial charge in [0.25, 0.3) is 0 Å². The van der Waals surface area contributed by atoms with Gasteiger partial charge in [0.1, 0.15) is 11.9 Å². The van der Waals surface area contributed by atoms with Crippen LogP contribution in [-0.4, -0.2) is 29.0 Å². The van der Waals surface area contributed by atoms with Crippen LogP contribution in [0.5, 0.6) is 23.0 Å². The van der Waals surface area contributed by atoms with Crippen molar-refractivity contribution >= 4 is 0 Å². The number of methoxy groups -OCH3 is 1. The van der Waals surface area contributed by atoms with Crippen LogP contribution < -0.4 is 9.47 Å². The summed E-state index contributed by atoms with van der Waals surface area (Å²) in [5.74, 6) is 0.0705. The van der Waals surface area contributed by atoms with Crippen molar-refractivity contribution in [3.63, 3.8) is 0 Å². The predicted molar refractivity (Wildman–Crippen MR) is 78.0 cm³/mol. The molecule has 0 aliphatic rings. The Morgan fingerprint density at radius 1 is 1.00 bits per heavy atom. The zero-order valence-corrected chi connectivity index (χ0v) is 11.9. The number of rotatable bonds is 5. The molecular weight excluding hydrogens is 272 g/mol. The summed E-state index contributed by atoms with van der Waals surface area (Å²) in [4.78, 5) is 0. The average molecular weight is 290 g/mol. The molecule has 0 amide bonds. The van der Waals surface area contributed by atoms with Gasteiger partial charge in [0, 0.05) is 5.56 Å². The Balaban J connectivity index is 2.31. The van der Waals surface area contributed by atoms with E-state index in [2.05, 4.69) is 0 Å². The third-order valence-corrected chi connectivity index (χ3v) is 3.17. The Morgan fingerprint density at radius 2 is 1.67 bits per heavy atom. The molecule has 0 saturated heterocycles. The van der Waals surface area contributed by atoms with Crippen LogP contribution in [0.4, 0.5) is 0 Å². The van der Waals surface area contributed by atoms with E-state index in [9.17, 15) is 15.3 Å². The average Bonchev–Trinajstić information content (AvgIpc) is 2.50. The Bertz CT molecular complexity index is 607. The number of ether oxygens (including phenoxy) is 2. The highest BCUT2D eigenvalue weighted by Crippen LogP contribution is 2.41. The van der Waals surface area contributed by atoms with Crippen molar-refractivity contribution in [3.05, 3.63) is 47.5 Å². The summed E-state index contributed by atoms with van der Waals surface area (Å²) in [6.07, 6.45) is -1.06. The highest BCUT2D eigenvalue weighted by atomic mass is 16.5. The van der Waals surface area contributed by atoms with Gasteiger partial charge in [0.15, 0.2) is 11.5 Å². The number of benzene rings is 2. The van der Waals surface area contributed by atoms with Crippen LogP contribution in [0.15, 0.2) is 36.4 Å². The van der Waals surface area contributed by atoms with E-state index >= 15 is 0 Å². The second-order valence-electron chi connectivity index (χ2n) is 4.46. The SMILES string of the molecule is CCOc1ccc(C(O)c2ccc(OC)c(O)c2O)cc1. The molecule has 0 spiro atoms. The van der Waals surface area contributed by atoms with Gasteiger partial charge in [-0.05, 0) is 36.8 Å². The minimum absolute atomic E-state index is 0.148. The molecule has 0 saturated carbocycles. The second-order valence-corrected chi connectivity index (χ2v) is 4.46. The molecule has 0 aromatic heterocycles. The quantitative estimate of drug-likeness (QED) is 0.738. The van der Waals surface area contributed by atoms with Gasteiger partial charge in [-0.3, -0.25) is 0 Å². The van der Waals surface area contributed by atoms with Gasteiger partial charge >= 0.3 is 0 Å². The van der Waals surface area contributed by atoms with E-state index in [-0.39, 0.29) is 17.1 Å². The molecule has 112 valence electrons. The first-order valence-corrected chi connectivity index (χ1v) is 6.58. The maximum absolute atomic E-state index is 10.3. The van der Waals surface area contributed by atoms with Crippen molar-refractivity contribution < 1.29 is 24.8 Å². The molecule has 5 nitrogen and oxygen atoms in total. The van der Waals surface area contributed by atoms with E-state index in [1.54, 1.807) is 24.3 Å². The van der Waals surface area contributed by atoms with Gasteiger partial charge in [-0.2, -0.15) is 0 Å². The lowest BCUT2D eigenvalue weighted by atomic mass is 10.00. The summed E-state index contributed by atoms with van der Waals surface area (Å²) in [5, 5.41) is 30.1. The Hall–Kier alpha value is -2.40. The zero-order valence-electron chi connectivity index (χ0n) is 11.9. The number of aromatic hydroxyl groups is 2. The maximum atomic E-state index is 10.3. The molecule has 2 aromatic carbocycles. The lowest BCUT2D eigenvalue weighted by Crippen LogP contribution is -2.01. The van der Waals surface area contributed by atoms with Gasteiger partial charge in [-0.1, -0.05) is 12.1 Å². The summed E-state index contributed by atoms with van der Waals surface area (Å²) in [6, 6.07) is 9.88. The summed E-state index contributed by atoms with van der Waals surface area (Å²) in [7, 11) is 1.39. The smallest absolute Gasteiger partial charge is 0.200 e. The summed E-state index contributed by atoms with van der Waals surface area (Å²) in [5.41, 5.74) is 0.788. The summed E-state index contributed by atoms with van der Waals surface area (Å²) >= 11 is 0. The van der Waals surface area contributed by atoms with Gasteiger partial charge in [0.2, 0.25) is 5.75 Å². The summed E-state index contributed by atoms with van der Waals surface area (Å²) in [6.45, 7) is 2.45. The number of phenolic OH excluding ortho intramolecular Hbond substituents is 2. The molecule has 0 fully saturated rings. The first kappa shape index (κ1) is 15.0. The van der Waals surface area contributed by atoms with Crippen molar-refractivity contribution in [3.8, 4) is 23.0 Å². The van der Waals surface area contributed by atoms with Crippen LogP contribution >= 0.6 is 0 Å². The fourth-order valence-electron chi connectivity index (χ4n) is 2.05. The zero-order chi connectivity index (χ0) is 15.4. The number of aliphatic hydroxyl groups is 1. The second kappa shape index (κ2) is 6.37. The normalized spacial score (nSPS) is 12.0. The van der Waals surface area contributed by atoms with E-state index in [0.29, 0.717) is 17.9 Å². The number of hydrogen-bond acceptors (Lipinski definition) is 5. The molecule has 5 heteroatoms. The van der Waals surface area contributed by atoms with E-state index < -0.39 is 11.9 Å². The van der Waals surface area contributed by atoms with Crippen molar-refractivity contribution in [2.45, 2.75) is 13.0 Å². The maximum Gasteiger partial charge on any atom is 0.200 e. The molecule has 3 N–H and O–H groups in total. The largest absolute Gasteiger partial charge is 0.504 e. The molecule has 0 heterocycles. The molecule has 0 radical (unpaired) electrons. The van der Waals surface area contributed by atoms with Crippen molar-refractivity contribution in [1.29, 1.82) is 0 Å². The molecule has 21 heavy (non-hydrogen) atoms. The first-order valence-electron chi connectivity index (χ1n) is 6.58. The predicted octanol–water partition coefficient (Wildman–Crippen LogP) is 2.59. The molecular formula is C16H18O5. The lowest BCUT2D eigenvalue weighted by Gasteiger charge is -2.15. The monoisotopic (exact) mass is 290 g/mol. The summed E-state index contributed by atoms with van der Waals surface area (Å²) < 4.78 is 10.2. The minimum atomic E-state index is -1.06. The van der Waals surface area contributed by atoms with E-state index in [0.717, 1.165) is 0 Å². The Labute approximate surface area is 123 Å². The molecule has 0 bridgehead atoms. The van der Waals surface area contributed by atoms with E-state index in [1.807, 2.05) is 6.92 Å². The molecule has 0 aliphatic carbocycles. The molecule has 2 rings (SSSR count). The van der Waals surface area contributed by atoms with Crippen LogP contribution in [0.25, 0.3) is 0 Å². The molecule has 0 aliphatic heterocycles. The standard InChI is InChI=1S/C16H18O5/c1-3-21-11-6-4-10(5-7-11)14(17)12-8-9-13(20-2)16(19)15(12)18/h4-9,14,17-19H,3H2,1-2H3. The van der Waals surface area contributed by atoms with Crippen molar-refractivity contribution in [2.24, 2.45) is 0 Å². The van der Waals surface area contributed by atoms with Crippen molar-refractivity contribution in [2.75, 3.05) is 13.7 Å². The Kier molecular flexibility index (Phi) is 4.55. The molecule has 2 aromatic rings. The third kappa shape index (κ3) is 3.03. The highest BCUT2D eigenvalue weighted by Gasteiger charge is 2.19. The molecule has 1 atom stereocenters. The topological polar surface area (TPSA) is 79.2 Å². The minimum Gasteiger partial charge on any atom is -0.504 e. The van der Waals surface area contributed by atoms with Crippen LogP contribution in [-0.2, 0) is 0 Å².